The molecule has 0 saturated carbocycles. The highest BCUT2D eigenvalue weighted by molar-refractivity contribution is 14.0. The van der Waals surface area contributed by atoms with Crippen LogP contribution in [-0.4, -0.2) is 27.0 Å². The molecule has 0 saturated heterocycles. The summed E-state index contributed by atoms with van der Waals surface area (Å²) in [5, 5.41) is 11.8. The summed E-state index contributed by atoms with van der Waals surface area (Å²) >= 11 is 0. The zero-order valence-electron chi connectivity index (χ0n) is 15.5. The number of hydrogen-bond acceptors (Lipinski definition) is 3. The molecule has 1 atom stereocenters. The predicted molar refractivity (Wildman–Crippen MR) is 115 cm³/mol. The molecule has 0 aliphatic carbocycles. The van der Waals surface area contributed by atoms with Gasteiger partial charge in [0.05, 0.1) is 11.4 Å². The number of nitrogens with two attached hydrogens (primary N) is 1. The molecule has 0 amide bonds. The van der Waals surface area contributed by atoms with Crippen LogP contribution in [0.25, 0.3) is 0 Å². The number of nitrogens with one attached hydrogen (secondary N) is 2. The SMILES string of the molecule is CCNC(=NCc1cccc(S(N)(=O)=O)c1)NC(C)CCC(C)C.I. The van der Waals surface area contributed by atoms with Gasteiger partial charge >= 0.3 is 0 Å². The first-order valence-corrected chi connectivity index (χ1v) is 9.93. The molecule has 6 nitrogen and oxygen atoms in total. The topological polar surface area (TPSA) is 96.6 Å². The van der Waals surface area contributed by atoms with Gasteiger partial charge in [-0.3, -0.25) is 0 Å². The molecule has 0 spiro atoms. The number of benzene rings is 1. The zero-order chi connectivity index (χ0) is 18.2. The minimum Gasteiger partial charge on any atom is -0.357 e. The fourth-order valence-corrected chi connectivity index (χ4v) is 2.78. The Bertz CT molecular complexity index is 648. The number of nitrogens with zero attached hydrogens (tertiary/aromatic N) is 1. The number of hydrogen-bond donors (Lipinski definition) is 3. The van der Waals surface area contributed by atoms with E-state index in [1.165, 1.54) is 6.07 Å². The second-order valence-corrected chi connectivity index (χ2v) is 7.97. The molecule has 1 aromatic carbocycles. The first kappa shape index (κ1) is 24.1. The predicted octanol–water partition coefficient (Wildman–Crippen LogP) is 2.83. The molecule has 0 heterocycles. The van der Waals surface area contributed by atoms with Crippen LogP contribution in [0.4, 0.5) is 0 Å². The molecule has 0 aromatic heterocycles. The molecule has 0 radical (unpaired) electrons. The summed E-state index contributed by atoms with van der Waals surface area (Å²) in [6.07, 6.45) is 2.23. The number of sulfonamides is 1. The fourth-order valence-electron chi connectivity index (χ4n) is 2.20. The summed E-state index contributed by atoms with van der Waals surface area (Å²) in [5.41, 5.74) is 0.800. The zero-order valence-corrected chi connectivity index (χ0v) is 18.6. The van der Waals surface area contributed by atoms with E-state index in [2.05, 4.69) is 36.4 Å². The number of rotatable bonds is 8. The van der Waals surface area contributed by atoms with Crippen LogP contribution in [0.3, 0.4) is 0 Å². The maximum atomic E-state index is 11.4. The molecular formula is C17H31IN4O2S. The molecule has 1 unspecified atom stereocenters. The minimum absolute atomic E-state index is 0. The highest BCUT2D eigenvalue weighted by atomic mass is 127. The Hall–Kier alpha value is -0.870. The molecular weight excluding hydrogens is 451 g/mol. The Morgan fingerprint density at radius 1 is 1.24 bits per heavy atom. The largest absolute Gasteiger partial charge is 0.357 e. The van der Waals surface area contributed by atoms with Crippen molar-refractivity contribution in [1.29, 1.82) is 0 Å². The second kappa shape index (κ2) is 11.7. The molecule has 0 bridgehead atoms. The van der Waals surface area contributed by atoms with E-state index in [-0.39, 0.29) is 28.9 Å². The molecule has 1 rings (SSSR count). The summed E-state index contributed by atoms with van der Waals surface area (Å²) in [6, 6.07) is 6.88. The number of aliphatic imine (C=N–C) groups is 1. The highest BCUT2D eigenvalue weighted by Gasteiger charge is 2.09. The van der Waals surface area contributed by atoms with E-state index in [1.807, 2.05) is 13.0 Å². The molecule has 1 aromatic rings. The van der Waals surface area contributed by atoms with E-state index in [4.69, 9.17) is 5.14 Å². The standard InChI is InChI=1S/C17H30N4O2S.HI/c1-5-19-17(21-14(4)10-9-13(2)3)20-12-15-7-6-8-16(11-15)24(18,22)23;/h6-8,11,13-14H,5,9-10,12H2,1-4H3,(H2,18,22,23)(H2,19,20,21);1H. The van der Waals surface area contributed by atoms with Crippen molar-refractivity contribution >= 4 is 40.0 Å². The first-order chi connectivity index (χ1) is 11.2. The van der Waals surface area contributed by atoms with Crippen molar-refractivity contribution in [2.24, 2.45) is 16.0 Å². The van der Waals surface area contributed by atoms with E-state index in [0.29, 0.717) is 18.5 Å². The van der Waals surface area contributed by atoms with Crippen LogP contribution in [0.15, 0.2) is 34.2 Å². The highest BCUT2D eigenvalue weighted by Crippen LogP contribution is 2.11. The van der Waals surface area contributed by atoms with Gasteiger partial charge in [0.25, 0.3) is 0 Å². The summed E-state index contributed by atoms with van der Waals surface area (Å²) in [5.74, 6) is 1.41. The van der Waals surface area contributed by atoms with Crippen molar-refractivity contribution < 1.29 is 8.42 Å². The van der Waals surface area contributed by atoms with Gasteiger partial charge in [-0.05, 0) is 50.3 Å². The number of halogens is 1. The van der Waals surface area contributed by atoms with Gasteiger partial charge in [-0.15, -0.1) is 24.0 Å². The lowest BCUT2D eigenvalue weighted by Gasteiger charge is -2.18. The average molecular weight is 482 g/mol. The van der Waals surface area contributed by atoms with Crippen LogP contribution in [0.1, 0.15) is 46.1 Å². The summed E-state index contributed by atoms with van der Waals surface area (Å²) in [7, 11) is -3.69. The quantitative estimate of drug-likeness (QED) is 0.302. The minimum atomic E-state index is -3.69. The van der Waals surface area contributed by atoms with Crippen molar-refractivity contribution in [3.8, 4) is 0 Å². The van der Waals surface area contributed by atoms with Gasteiger partial charge in [0.1, 0.15) is 0 Å². The van der Waals surface area contributed by atoms with Crippen molar-refractivity contribution in [3.05, 3.63) is 29.8 Å². The molecule has 0 aliphatic heterocycles. The Labute approximate surface area is 169 Å². The average Bonchev–Trinajstić information content (AvgIpc) is 2.50. The van der Waals surface area contributed by atoms with E-state index < -0.39 is 10.0 Å². The monoisotopic (exact) mass is 482 g/mol. The second-order valence-electron chi connectivity index (χ2n) is 6.40. The van der Waals surface area contributed by atoms with Crippen molar-refractivity contribution in [1.82, 2.24) is 10.6 Å². The van der Waals surface area contributed by atoms with E-state index in [0.717, 1.165) is 30.9 Å². The van der Waals surface area contributed by atoms with Crippen molar-refractivity contribution in [2.75, 3.05) is 6.54 Å². The third kappa shape index (κ3) is 10.0. The fraction of sp³-hybridized carbons (Fsp3) is 0.588. The van der Waals surface area contributed by atoms with Crippen molar-refractivity contribution in [2.45, 2.75) is 58.0 Å². The van der Waals surface area contributed by atoms with Gasteiger partial charge in [0, 0.05) is 12.6 Å². The summed E-state index contributed by atoms with van der Waals surface area (Å²) < 4.78 is 22.8. The smallest absolute Gasteiger partial charge is 0.238 e. The molecule has 25 heavy (non-hydrogen) atoms. The van der Waals surface area contributed by atoms with Gasteiger partial charge in [-0.1, -0.05) is 26.0 Å². The molecule has 0 fully saturated rings. The van der Waals surface area contributed by atoms with Crippen LogP contribution in [0, 0.1) is 5.92 Å². The lowest BCUT2D eigenvalue weighted by atomic mass is 10.0. The van der Waals surface area contributed by atoms with Gasteiger partial charge in [-0.25, -0.2) is 18.5 Å². The summed E-state index contributed by atoms with van der Waals surface area (Å²) in [6.45, 7) is 9.72. The van der Waals surface area contributed by atoms with Crippen LogP contribution >= 0.6 is 24.0 Å². The Kier molecular flexibility index (Phi) is 11.3. The summed E-state index contributed by atoms with van der Waals surface area (Å²) in [4.78, 5) is 4.64. The number of primary sulfonamides is 1. The van der Waals surface area contributed by atoms with Crippen LogP contribution < -0.4 is 15.8 Å². The molecule has 144 valence electrons. The van der Waals surface area contributed by atoms with Gasteiger partial charge < -0.3 is 10.6 Å². The normalized spacial score (nSPS) is 13.3. The maximum Gasteiger partial charge on any atom is 0.238 e. The Balaban J connectivity index is 0.00000576. The van der Waals surface area contributed by atoms with Gasteiger partial charge in [0.15, 0.2) is 5.96 Å². The van der Waals surface area contributed by atoms with Gasteiger partial charge in [-0.2, -0.15) is 0 Å². The van der Waals surface area contributed by atoms with E-state index in [1.54, 1.807) is 12.1 Å². The number of guanidine groups is 1. The Morgan fingerprint density at radius 3 is 2.48 bits per heavy atom. The van der Waals surface area contributed by atoms with Crippen molar-refractivity contribution in [3.63, 3.8) is 0 Å². The van der Waals surface area contributed by atoms with E-state index >= 15 is 0 Å². The van der Waals surface area contributed by atoms with Crippen LogP contribution in [0.5, 0.6) is 0 Å². The Morgan fingerprint density at radius 2 is 1.92 bits per heavy atom. The first-order valence-electron chi connectivity index (χ1n) is 8.39. The maximum absolute atomic E-state index is 11.4. The van der Waals surface area contributed by atoms with Gasteiger partial charge in [0.2, 0.25) is 10.0 Å². The lowest BCUT2D eigenvalue weighted by Crippen LogP contribution is -2.42. The third-order valence-corrected chi connectivity index (χ3v) is 4.46. The van der Waals surface area contributed by atoms with E-state index in [9.17, 15) is 8.42 Å². The van der Waals surface area contributed by atoms with Crippen LogP contribution in [0.2, 0.25) is 0 Å². The third-order valence-electron chi connectivity index (χ3n) is 3.55. The molecule has 4 N–H and O–H groups in total. The molecule has 8 heteroatoms. The lowest BCUT2D eigenvalue weighted by molar-refractivity contribution is 0.489. The van der Waals surface area contributed by atoms with Crippen LogP contribution in [-0.2, 0) is 16.6 Å². The molecule has 0 aliphatic rings.